The van der Waals surface area contributed by atoms with Gasteiger partial charge >= 0.3 is 0 Å². The van der Waals surface area contributed by atoms with Crippen LogP contribution in [0.1, 0.15) is 17.2 Å². The van der Waals surface area contributed by atoms with Crippen LogP contribution in [0.25, 0.3) is 0 Å². The molecule has 1 atom stereocenters. The van der Waals surface area contributed by atoms with Crippen LogP contribution in [-0.4, -0.2) is 5.11 Å². The highest BCUT2D eigenvalue weighted by molar-refractivity contribution is 9.10. The summed E-state index contributed by atoms with van der Waals surface area (Å²) in [5.74, 6) is -2.05. The molecule has 2 aromatic carbocycles. The molecule has 0 aliphatic carbocycles. The minimum absolute atomic E-state index is 0.114. The van der Waals surface area contributed by atoms with Crippen molar-refractivity contribution in [1.29, 1.82) is 0 Å². The molecule has 1 N–H and O–H groups in total. The molecule has 0 heterocycles. The zero-order valence-corrected chi connectivity index (χ0v) is 13.2. The van der Waals surface area contributed by atoms with Gasteiger partial charge in [-0.2, -0.15) is 0 Å². The lowest BCUT2D eigenvalue weighted by atomic mass is 10.0. The Labute approximate surface area is 130 Å². The maximum atomic E-state index is 13.8. The van der Waals surface area contributed by atoms with Gasteiger partial charge in [0.2, 0.25) is 0 Å². The number of benzene rings is 2. The van der Waals surface area contributed by atoms with E-state index in [-0.39, 0.29) is 26.5 Å². The molecule has 0 bridgehead atoms. The van der Waals surface area contributed by atoms with Crippen LogP contribution in [0, 0.1) is 17.5 Å². The Morgan fingerprint density at radius 3 is 2.25 bits per heavy atom. The van der Waals surface area contributed by atoms with Crippen molar-refractivity contribution in [2.75, 3.05) is 0 Å². The van der Waals surface area contributed by atoms with Crippen LogP contribution >= 0.6 is 31.9 Å². The van der Waals surface area contributed by atoms with Gasteiger partial charge in [0.05, 0.1) is 15.0 Å². The molecule has 106 valence electrons. The molecule has 0 spiro atoms. The lowest BCUT2D eigenvalue weighted by Crippen LogP contribution is -2.06. The minimum atomic E-state index is -1.20. The van der Waals surface area contributed by atoms with E-state index >= 15 is 0 Å². The van der Waals surface area contributed by atoms with Gasteiger partial charge < -0.3 is 5.11 Å². The van der Waals surface area contributed by atoms with Crippen LogP contribution in [0.4, 0.5) is 13.2 Å². The Morgan fingerprint density at radius 2 is 1.60 bits per heavy atom. The second-order valence-corrected chi connectivity index (χ2v) is 5.92. The molecule has 1 unspecified atom stereocenters. The van der Waals surface area contributed by atoms with E-state index in [1.165, 1.54) is 18.2 Å². The lowest BCUT2D eigenvalue weighted by Gasteiger charge is -2.13. The summed E-state index contributed by atoms with van der Waals surface area (Å²) in [7, 11) is 0. The number of aliphatic hydroxyl groups excluding tert-OH is 1. The Bertz CT molecular complexity index is 647. The first kappa shape index (κ1) is 15.5. The van der Waals surface area contributed by atoms with Crippen molar-refractivity contribution >= 4 is 31.9 Å². The summed E-state index contributed by atoms with van der Waals surface area (Å²) in [6.07, 6.45) is -1.48. The molecule has 0 aliphatic heterocycles. The average molecular weight is 410 g/mol. The Kier molecular flexibility index (Phi) is 4.88. The molecule has 0 saturated carbocycles. The fraction of sp³-hybridized carbons (Fsp3) is 0.143. The molecule has 0 saturated heterocycles. The SMILES string of the molecule is OC(Cc1c(F)ccc(Br)c1F)c1ccc(Br)c(F)c1. The average Bonchev–Trinajstić information content (AvgIpc) is 2.42. The van der Waals surface area contributed by atoms with Crippen molar-refractivity contribution in [3.8, 4) is 0 Å². The van der Waals surface area contributed by atoms with Gasteiger partial charge in [-0.15, -0.1) is 0 Å². The minimum Gasteiger partial charge on any atom is -0.388 e. The number of hydrogen-bond donors (Lipinski definition) is 1. The van der Waals surface area contributed by atoms with Gasteiger partial charge in [0.15, 0.2) is 0 Å². The van der Waals surface area contributed by atoms with Gasteiger partial charge in [-0.25, -0.2) is 13.2 Å². The van der Waals surface area contributed by atoms with Gasteiger partial charge in [0.1, 0.15) is 17.5 Å². The second kappa shape index (κ2) is 6.28. The van der Waals surface area contributed by atoms with Gasteiger partial charge in [-0.1, -0.05) is 6.07 Å². The van der Waals surface area contributed by atoms with Crippen LogP contribution in [0.5, 0.6) is 0 Å². The summed E-state index contributed by atoms with van der Waals surface area (Å²) in [5.41, 5.74) is 0.0136. The first-order chi connectivity index (χ1) is 9.40. The number of aliphatic hydroxyl groups is 1. The second-order valence-electron chi connectivity index (χ2n) is 4.22. The Hall–Kier alpha value is -0.850. The molecule has 2 aromatic rings. The van der Waals surface area contributed by atoms with Crippen LogP contribution in [0.2, 0.25) is 0 Å². The van der Waals surface area contributed by atoms with E-state index in [4.69, 9.17) is 0 Å². The quantitative estimate of drug-likeness (QED) is 0.714. The molecule has 1 nitrogen and oxygen atoms in total. The third kappa shape index (κ3) is 3.24. The summed E-state index contributed by atoms with van der Waals surface area (Å²) in [5, 5.41) is 10.00. The van der Waals surface area contributed by atoms with Gasteiger partial charge in [-0.3, -0.25) is 0 Å². The maximum Gasteiger partial charge on any atom is 0.143 e. The molecule has 2 rings (SSSR count). The molecular weight excluding hydrogens is 401 g/mol. The molecule has 0 fully saturated rings. The summed E-state index contributed by atoms with van der Waals surface area (Å²) in [6.45, 7) is 0. The van der Waals surface area contributed by atoms with Crippen molar-refractivity contribution in [1.82, 2.24) is 0 Å². The highest BCUT2D eigenvalue weighted by atomic mass is 79.9. The normalized spacial score (nSPS) is 12.5. The predicted molar refractivity (Wildman–Crippen MR) is 76.8 cm³/mol. The van der Waals surface area contributed by atoms with Gasteiger partial charge in [0, 0.05) is 12.0 Å². The zero-order chi connectivity index (χ0) is 14.9. The fourth-order valence-corrected chi connectivity index (χ4v) is 2.41. The third-order valence-corrected chi connectivity index (χ3v) is 4.12. The molecule has 0 radical (unpaired) electrons. The van der Waals surface area contributed by atoms with E-state index in [1.807, 2.05) is 0 Å². The van der Waals surface area contributed by atoms with E-state index < -0.39 is 23.6 Å². The molecular formula is C14H9Br2F3O. The molecule has 20 heavy (non-hydrogen) atoms. The fourth-order valence-electron chi connectivity index (χ4n) is 1.79. The summed E-state index contributed by atoms with van der Waals surface area (Å²) in [6, 6.07) is 6.41. The largest absolute Gasteiger partial charge is 0.388 e. The summed E-state index contributed by atoms with van der Waals surface area (Å²) >= 11 is 5.95. The van der Waals surface area contributed by atoms with E-state index in [1.54, 1.807) is 0 Å². The summed E-state index contributed by atoms with van der Waals surface area (Å²) < 4.78 is 41.2. The van der Waals surface area contributed by atoms with E-state index in [0.717, 1.165) is 12.1 Å². The summed E-state index contributed by atoms with van der Waals surface area (Å²) in [4.78, 5) is 0. The van der Waals surface area contributed by atoms with Crippen molar-refractivity contribution in [3.05, 3.63) is 67.9 Å². The molecule has 0 amide bonds. The van der Waals surface area contributed by atoms with Gasteiger partial charge in [-0.05, 0) is 61.7 Å². The highest BCUT2D eigenvalue weighted by Gasteiger charge is 2.18. The number of rotatable bonds is 3. The Balaban J connectivity index is 2.30. The maximum absolute atomic E-state index is 13.8. The van der Waals surface area contributed by atoms with E-state index in [2.05, 4.69) is 31.9 Å². The van der Waals surface area contributed by atoms with E-state index in [0.29, 0.717) is 0 Å². The molecule has 6 heteroatoms. The smallest absolute Gasteiger partial charge is 0.143 e. The van der Waals surface area contributed by atoms with Crippen LogP contribution in [-0.2, 0) is 6.42 Å². The van der Waals surface area contributed by atoms with Crippen molar-refractivity contribution < 1.29 is 18.3 Å². The third-order valence-electron chi connectivity index (χ3n) is 2.86. The number of hydrogen-bond acceptors (Lipinski definition) is 1. The van der Waals surface area contributed by atoms with Crippen molar-refractivity contribution in [2.45, 2.75) is 12.5 Å². The van der Waals surface area contributed by atoms with Crippen LogP contribution in [0.3, 0.4) is 0 Å². The first-order valence-corrected chi connectivity index (χ1v) is 7.24. The monoisotopic (exact) mass is 408 g/mol. The zero-order valence-electron chi connectivity index (χ0n) is 10.0. The first-order valence-electron chi connectivity index (χ1n) is 5.65. The number of halogens is 5. The van der Waals surface area contributed by atoms with Gasteiger partial charge in [0.25, 0.3) is 0 Å². The van der Waals surface area contributed by atoms with Crippen molar-refractivity contribution in [3.63, 3.8) is 0 Å². The topological polar surface area (TPSA) is 20.2 Å². The molecule has 0 aromatic heterocycles. The van der Waals surface area contributed by atoms with E-state index in [9.17, 15) is 18.3 Å². The predicted octanol–water partition coefficient (Wildman–Crippen LogP) is 4.91. The molecule has 0 aliphatic rings. The standard InChI is InChI=1S/C14H9Br2F3O/c15-9-2-1-7(5-12(9)18)13(20)6-8-11(17)4-3-10(16)14(8)19/h1-5,13,20H,6H2. The highest BCUT2D eigenvalue weighted by Crippen LogP contribution is 2.28. The lowest BCUT2D eigenvalue weighted by molar-refractivity contribution is 0.175. The van der Waals surface area contributed by atoms with Crippen LogP contribution in [0.15, 0.2) is 39.3 Å². The van der Waals surface area contributed by atoms with Crippen LogP contribution < -0.4 is 0 Å². The van der Waals surface area contributed by atoms with Crippen molar-refractivity contribution in [2.24, 2.45) is 0 Å². The Morgan fingerprint density at radius 1 is 0.950 bits per heavy atom.